The Morgan fingerprint density at radius 3 is 2.58 bits per heavy atom. The van der Waals surface area contributed by atoms with Crippen molar-refractivity contribution in [2.45, 2.75) is 24.2 Å². The van der Waals surface area contributed by atoms with Gasteiger partial charge < -0.3 is 21.2 Å². The number of likely N-dealkylation sites (tertiary alicyclic amines) is 1. The molecule has 8 heteroatoms. The molecule has 0 unspecified atom stereocenters. The first kappa shape index (κ1) is 22.1. The highest BCUT2D eigenvalue weighted by Gasteiger charge is 2.18. The maximum atomic E-state index is 11.5. The number of amides is 2. The zero-order valence-corrected chi connectivity index (χ0v) is 14.3. The molecular formula is C16H25N3O4S. The van der Waals surface area contributed by atoms with E-state index in [1.165, 1.54) is 6.08 Å². The summed E-state index contributed by atoms with van der Waals surface area (Å²) in [7, 11) is 0. The van der Waals surface area contributed by atoms with Crippen LogP contribution in [0.15, 0.2) is 41.8 Å². The SMILES string of the molecule is C=CC(=O)Nc1ccc(SNCCCN2CCCC2=O)cc1.O.O. The summed E-state index contributed by atoms with van der Waals surface area (Å²) in [4.78, 5) is 25.6. The van der Waals surface area contributed by atoms with Crippen molar-refractivity contribution in [2.24, 2.45) is 0 Å². The average molecular weight is 355 g/mol. The summed E-state index contributed by atoms with van der Waals surface area (Å²) in [5.74, 6) is 0.0693. The summed E-state index contributed by atoms with van der Waals surface area (Å²) in [6, 6.07) is 7.60. The first-order valence-corrected chi connectivity index (χ1v) is 8.21. The molecule has 134 valence electrons. The molecule has 1 aliphatic heterocycles. The van der Waals surface area contributed by atoms with Crippen molar-refractivity contribution >= 4 is 29.4 Å². The zero-order chi connectivity index (χ0) is 15.8. The van der Waals surface area contributed by atoms with Gasteiger partial charge in [0.05, 0.1) is 0 Å². The molecule has 0 bridgehead atoms. The molecule has 0 aromatic heterocycles. The number of hydrogen-bond donors (Lipinski definition) is 2. The van der Waals surface area contributed by atoms with Crippen LogP contribution in [0.4, 0.5) is 5.69 Å². The molecule has 2 rings (SSSR count). The molecule has 1 heterocycles. The van der Waals surface area contributed by atoms with Crippen molar-refractivity contribution in [3.63, 3.8) is 0 Å². The number of hydrogen-bond acceptors (Lipinski definition) is 4. The smallest absolute Gasteiger partial charge is 0.247 e. The molecule has 0 aliphatic carbocycles. The molecule has 7 nitrogen and oxygen atoms in total. The highest BCUT2D eigenvalue weighted by atomic mass is 32.2. The second kappa shape index (κ2) is 11.6. The van der Waals surface area contributed by atoms with Gasteiger partial charge >= 0.3 is 0 Å². The average Bonchev–Trinajstić information content (AvgIpc) is 2.94. The lowest BCUT2D eigenvalue weighted by Crippen LogP contribution is -2.27. The minimum Gasteiger partial charge on any atom is -0.412 e. The van der Waals surface area contributed by atoms with Gasteiger partial charge in [0, 0.05) is 36.6 Å². The monoisotopic (exact) mass is 355 g/mol. The van der Waals surface area contributed by atoms with E-state index >= 15 is 0 Å². The Morgan fingerprint density at radius 1 is 1.29 bits per heavy atom. The van der Waals surface area contributed by atoms with E-state index in [1.54, 1.807) is 11.9 Å². The predicted octanol–water partition coefficient (Wildman–Crippen LogP) is 0.771. The molecule has 1 saturated heterocycles. The third-order valence-electron chi connectivity index (χ3n) is 3.38. The van der Waals surface area contributed by atoms with Gasteiger partial charge in [-0.1, -0.05) is 6.58 Å². The van der Waals surface area contributed by atoms with Gasteiger partial charge in [0.25, 0.3) is 0 Å². The van der Waals surface area contributed by atoms with Gasteiger partial charge in [-0.15, -0.1) is 0 Å². The van der Waals surface area contributed by atoms with Crippen molar-refractivity contribution in [1.82, 2.24) is 9.62 Å². The molecule has 1 aliphatic rings. The van der Waals surface area contributed by atoms with Gasteiger partial charge in [-0.05, 0) is 55.1 Å². The van der Waals surface area contributed by atoms with E-state index < -0.39 is 0 Å². The fraction of sp³-hybridized carbons (Fsp3) is 0.375. The zero-order valence-electron chi connectivity index (χ0n) is 13.5. The third-order valence-corrected chi connectivity index (χ3v) is 4.23. The van der Waals surface area contributed by atoms with Crippen LogP contribution >= 0.6 is 11.9 Å². The fourth-order valence-electron chi connectivity index (χ4n) is 2.22. The van der Waals surface area contributed by atoms with Crippen molar-refractivity contribution in [1.29, 1.82) is 0 Å². The molecule has 0 spiro atoms. The lowest BCUT2D eigenvalue weighted by atomic mass is 10.3. The van der Waals surface area contributed by atoms with Crippen molar-refractivity contribution in [3.8, 4) is 0 Å². The van der Waals surface area contributed by atoms with E-state index in [-0.39, 0.29) is 22.8 Å². The third kappa shape index (κ3) is 7.14. The number of carbonyl (C=O) groups is 2. The summed E-state index contributed by atoms with van der Waals surface area (Å²) in [5, 5.41) is 2.71. The topological polar surface area (TPSA) is 124 Å². The van der Waals surface area contributed by atoms with Crippen LogP contribution in [0.1, 0.15) is 19.3 Å². The maximum absolute atomic E-state index is 11.5. The van der Waals surface area contributed by atoms with Crippen molar-refractivity contribution in [2.75, 3.05) is 25.0 Å². The first-order chi connectivity index (χ1) is 10.7. The van der Waals surface area contributed by atoms with Crippen LogP contribution in [-0.2, 0) is 9.59 Å². The first-order valence-electron chi connectivity index (χ1n) is 7.40. The van der Waals surface area contributed by atoms with Crippen LogP contribution in [0, 0.1) is 0 Å². The lowest BCUT2D eigenvalue weighted by Gasteiger charge is -2.15. The summed E-state index contributed by atoms with van der Waals surface area (Å²) < 4.78 is 3.29. The summed E-state index contributed by atoms with van der Waals surface area (Å²) in [6.45, 7) is 6.00. The van der Waals surface area contributed by atoms with E-state index in [0.29, 0.717) is 6.42 Å². The predicted molar refractivity (Wildman–Crippen MR) is 96.8 cm³/mol. The summed E-state index contributed by atoms with van der Waals surface area (Å²) in [5.41, 5.74) is 0.752. The molecule has 2 amide bonds. The number of nitrogens with one attached hydrogen (secondary N) is 2. The molecule has 1 aromatic rings. The van der Waals surface area contributed by atoms with E-state index in [4.69, 9.17) is 0 Å². The van der Waals surface area contributed by atoms with Crippen LogP contribution in [0.3, 0.4) is 0 Å². The highest BCUT2D eigenvalue weighted by molar-refractivity contribution is 7.97. The molecule has 0 radical (unpaired) electrons. The molecule has 0 atom stereocenters. The van der Waals surface area contributed by atoms with Crippen LogP contribution < -0.4 is 10.0 Å². The van der Waals surface area contributed by atoms with Crippen LogP contribution in [-0.4, -0.2) is 47.3 Å². The van der Waals surface area contributed by atoms with Crippen molar-refractivity contribution in [3.05, 3.63) is 36.9 Å². The van der Waals surface area contributed by atoms with Crippen LogP contribution in [0.25, 0.3) is 0 Å². The Morgan fingerprint density at radius 2 is 2.00 bits per heavy atom. The van der Waals surface area contributed by atoms with Crippen molar-refractivity contribution < 1.29 is 20.5 Å². The standard InChI is InChI=1S/C16H21N3O2S.2H2O/c1-2-15(20)18-13-6-8-14(9-7-13)22-17-10-4-12-19-11-3-5-16(19)21;;/h2,6-9,17H,1,3-5,10-12H2,(H,18,20);2*1H2. The molecule has 1 fully saturated rings. The minimum atomic E-state index is -0.213. The van der Waals surface area contributed by atoms with Gasteiger partial charge in [0.2, 0.25) is 11.8 Å². The second-order valence-electron chi connectivity index (χ2n) is 5.05. The molecule has 24 heavy (non-hydrogen) atoms. The molecule has 6 N–H and O–H groups in total. The van der Waals surface area contributed by atoms with Gasteiger partial charge in [0.1, 0.15) is 0 Å². The normalized spacial score (nSPS) is 13.0. The Labute approximate surface area is 146 Å². The lowest BCUT2D eigenvalue weighted by molar-refractivity contribution is -0.127. The largest absolute Gasteiger partial charge is 0.412 e. The number of rotatable bonds is 8. The number of benzene rings is 1. The molecular weight excluding hydrogens is 330 g/mol. The highest BCUT2D eigenvalue weighted by Crippen LogP contribution is 2.18. The summed E-state index contributed by atoms with van der Waals surface area (Å²) in [6.07, 6.45) is 3.90. The fourth-order valence-corrected chi connectivity index (χ4v) is 2.90. The van der Waals surface area contributed by atoms with Gasteiger partial charge in [-0.2, -0.15) is 0 Å². The Balaban J connectivity index is 0.00000264. The Kier molecular flexibility index (Phi) is 10.7. The molecule has 0 saturated carbocycles. The summed E-state index contributed by atoms with van der Waals surface area (Å²) >= 11 is 1.55. The van der Waals surface area contributed by atoms with E-state index in [9.17, 15) is 9.59 Å². The number of anilines is 1. The Hall–Kier alpha value is -1.87. The van der Waals surface area contributed by atoms with Crippen LogP contribution in [0.5, 0.6) is 0 Å². The second-order valence-corrected chi connectivity index (χ2v) is 6.02. The maximum Gasteiger partial charge on any atom is 0.247 e. The van der Waals surface area contributed by atoms with Gasteiger partial charge in [-0.3, -0.25) is 14.3 Å². The minimum absolute atomic E-state index is 0. The number of carbonyl (C=O) groups excluding carboxylic acids is 2. The quantitative estimate of drug-likeness (QED) is 0.406. The Bertz CT molecular complexity index is 537. The van der Waals surface area contributed by atoms with E-state index in [2.05, 4.69) is 16.6 Å². The van der Waals surface area contributed by atoms with Crippen LogP contribution in [0.2, 0.25) is 0 Å². The van der Waals surface area contributed by atoms with E-state index in [1.807, 2.05) is 29.2 Å². The van der Waals surface area contributed by atoms with Gasteiger partial charge in [0.15, 0.2) is 0 Å². The number of nitrogens with zero attached hydrogens (tertiary/aromatic N) is 1. The molecule has 1 aromatic carbocycles. The van der Waals surface area contributed by atoms with E-state index in [0.717, 1.165) is 43.1 Å². The van der Waals surface area contributed by atoms with Gasteiger partial charge in [-0.25, -0.2) is 0 Å².